The fraction of sp³-hybridized carbons (Fsp3) is 0.333. The number of thiophene rings is 1. The highest BCUT2D eigenvalue weighted by atomic mass is 32.2. The van der Waals surface area contributed by atoms with E-state index in [-0.39, 0.29) is 24.3 Å². The maximum atomic E-state index is 13.1. The normalized spacial score (nSPS) is 13.5. The summed E-state index contributed by atoms with van der Waals surface area (Å²) in [5.41, 5.74) is 2.33. The zero-order chi connectivity index (χ0) is 28.9. The lowest BCUT2D eigenvalue weighted by atomic mass is 10.0. The van der Waals surface area contributed by atoms with Crippen LogP contribution in [0.2, 0.25) is 0 Å². The van der Waals surface area contributed by atoms with Gasteiger partial charge in [-0.3, -0.25) is 9.59 Å². The molecule has 10 heteroatoms. The van der Waals surface area contributed by atoms with E-state index in [2.05, 4.69) is 16.7 Å². The molecule has 0 saturated heterocycles. The minimum atomic E-state index is -0.592. The molecule has 2 aromatic carbocycles. The van der Waals surface area contributed by atoms with Gasteiger partial charge in [0.15, 0.2) is 0 Å². The van der Waals surface area contributed by atoms with Crippen LogP contribution in [-0.2, 0) is 33.7 Å². The lowest BCUT2D eigenvalue weighted by Gasteiger charge is -2.29. The Hall–Kier alpha value is -3.81. The molecule has 1 aliphatic rings. The van der Waals surface area contributed by atoms with Crippen molar-refractivity contribution in [2.45, 2.75) is 62.8 Å². The van der Waals surface area contributed by atoms with E-state index in [0.717, 1.165) is 20.9 Å². The summed E-state index contributed by atoms with van der Waals surface area (Å²) in [5, 5.41) is 15.7. The van der Waals surface area contributed by atoms with Crippen molar-refractivity contribution in [3.8, 4) is 6.07 Å². The summed E-state index contributed by atoms with van der Waals surface area (Å²) in [6, 6.07) is 19.1. The smallest absolute Gasteiger partial charge is 0.410 e. The van der Waals surface area contributed by atoms with E-state index in [0.29, 0.717) is 35.8 Å². The van der Waals surface area contributed by atoms with E-state index in [1.807, 2.05) is 75.4 Å². The summed E-state index contributed by atoms with van der Waals surface area (Å²) in [6.45, 7) is 8.06. The molecular weight excluding hydrogens is 544 g/mol. The van der Waals surface area contributed by atoms with Crippen LogP contribution in [0.3, 0.4) is 0 Å². The molecule has 208 valence electrons. The monoisotopic (exact) mass is 576 g/mol. The number of anilines is 2. The van der Waals surface area contributed by atoms with Crippen LogP contribution in [0.4, 0.5) is 15.5 Å². The largest absolute Gasteiger partial charge is 0.444 e. The highest BCUT2D eigenvalue weighted by molar-refractivity contribution is 8.00. The molecule has 0 aliphatic carbocycles. The number of benzene rings is 2. The molecule has 2 N–H and O–H groups in total. The van der Waals surface area contributed by atoms with Crippen LogP contribution in [-0.4, -0.2) is 40.2 Å². The summed E-state index contributed by atoms with van der Waals surface area (Å²) in [7, 11) is 0. The number of carbonyl (C=O) groups excluding carboxylic acids is 3. The molecule has 3 aromatic rings. The van der Waals surface area contributed by atoms with Gasteiger partial charge in [0.1, 0.15) is 16.7 Å². The number of carbonyl (C=O) groups is 3. The van der Waals surface area contributed by atoms with Gasteiger partial charge in [0, 0.05) is 22.0 Å². The number of rotatable bonds is 7. The Morgan fingerprint density at radius 1 is 1.12 bits per heavy atom. The van der Waals surface area contributed by atoms with Gasteiger partial charge in [0.2, 0.25) is 11.8 Å². The first-order valence-electron chi connectivity index (χ1n) is 13.0. The number of ether oxygens (including phenoxy) is 1. The van der Waals surface area contributed by atoms with Crippen molar-refractivity contribution in [2.24, 2.45) is 0 Å². The van der Waals surface area contributed by atoms with Crippen molar-refractivity contribution >= 4 is 51.7 Å². The van der Waals surface area contributed by atoms with Gasteiger partial charge in [0.05, 0.1) is 23.8 Å². The van der Waals surface area contributed by atoms with Gasteiger partial charge in [0.25, 0.3) is 0 Å². The molecule has 0 spiro atoms. The molecule has 0 saturated carbocycles. The molecule has 1 atom stereocenters. The Morgan fingerprint density at radius 3 is 2.58 bits per heavy atom. The Balaban J connectivity index is 1.37. The van der Waals surface area contributed by atoms with Gasteiger partial charge in [-0.2, -0.15) is 5.26 Å². The third-order valence-corrected chi connectivity index (χ3v) is 8.29. The van der Waals surface area contributed by atoms with E-state index >= 15 is 0 Å². The maximum Gasteiger partial charge on any atom is 0.410 e. The van der Waals surface area contributed by atoms with Crippen LogP contribution < -0.4 is 10.6 Å². The van der Waals surface area contributed by atoms with E-state index < -0.39 is 10.9 Å². The molecule has 1 unspecified atom stereocenters. The Kier molecular flexibility index (Phi) is 9.17. The summed E-state index contributed by atoms with van der Waals surface area (Å²) < 4.78 is 5.50. The Bertz CT molecular complexity index is 1440. The molecule has 1 aromatic heterocycles. The molecule has 0 fully saturated rings. The number of fused-ring (bicyclic) bond motifs is 1. The molecule has 1 aliphatic heterocycles. The number of amides is 3. The predicted molar refractivity (Wildman–Crippen MR) is 159 cm³/mol. The van der Waals surface area contributed by atoms with Gasteiger partial charge in [-0.05, 0) is 63.4 Å². The molecule has 8 nitrogen and oxygen atoms in total. The molecule has 0 bridgehead atoms. The maximum absolute atomic E-state index is 13.1. The molecule has 3 amide bonds. The van der Waals surface area contributed by atoms with Gasteiger partial charge < -0.3 is 20.3 Å². The summed E-state index contributed by atoms with van der Waals surface area (Å²) in [4.78, 5) is 41.4. The number of hydrogen-bond donors (Lipinski definition) is 2. The van der Waals surface area contributed by atoms with Gasteiger partial charge in [-0.15, -0.1) is 23.1 Å². The number of hydrogen-bond acceptors (Lipinski definition) is 7. The topological polar surface area (TPSA) is 112 Å². The Labute approximate surface area is 242 Å². The van der Waals surface area contributed by atoms with Crippen LogP contribution in [0.1, 0.15) is 49.3 Å². The fourth-order valence-electron chi connectivity index (χ4n) is 4.20. The lowest BCUT2D eigenvalue weighted by molar-refractivity contribution is -0.116. The molecule has 4 rings (SSSR count). The van der Waals surface area contributed by atoms with E-state index in [4.69, 9.17) is 4.74 Å². The molecular formula is C30H32N4O4S2. The van der Waals surface area contributed by atoms with Crippen molar-refractivity contribution in [3.63, 3.8) is 0 Å². The van der Waals surface area contributed by atoms with Gasteiger partial charge >= 0.3 is 6.09 Å². The highest BCUT2D eigenvalue weighted by Gasteiger charge is 2.30. The lowest BCUT2D eigenvalue weighted by Crippen LogP contribution is -2.39. The standard InChI is InChI=1S/C30H32N4O4S2/c1-19(39-22-12-8-11-21(16-22)32-26(35)15-20-9-6-5-7-10-20)27(36)33-28-24(17-31)23-13-14-34(18-25(23)40-28)29(37)38-30(2,3)4/h5-12,16,19H,13-15,18H2,1-4H3,(H,32,35)(H,33,36). The minimum absolute atomic E-state index is 0.116. The van der Waals surface area contributed by atoms with Crippen molar-refractivity contribution < 1.29 is 19.1 Å². The second-order valence-corrected chi connectivity index (χ2v) is 13.0. The third kappa shape index (κ3) is 7.64. The van der Waals surface area contributed by atoms with Crippen molar-refractivity contribution in [2.75, 3.05) is 17.2 Å². The first-order chi connectivity index (χ1) is 19.0. The van der Waals surface area contributed by atoms with Gasteiger partial charge in [-0.25, -0.2) is 4.79 Å². The summed E-state index contributed by atoms with van der Waals surface area (Å²) >= 11 is 2.69. The molecule has 2 heterocycles. The zero-order valence-corrected chi connectivity index (χ0v) is 24.6. The summed E-state index contributed by atoms with van der Waals surface area (Å²) in [6.07, 6.45) is 0.411. The van der Waals surface area contributed by atoms with Crippen LogP contribution in [0, 0.1) is 11.3 Å². The van der Waals surface area contributed by atoms with Crippen LogP contribution >= 0.6 is 23.1 Å². The van der Waals surface area contributed by atoms with Crippen LogP contribution in [0.5, 0.6) is 0 Å². The first kappa shape index (κ1) is 29.2. The van der Waals surface area contributed by atoms with Crippen molar-refractivity contribution in [1.82, 2.24) is 4.90 Å². The van der Waals surface area contributed by atoms with Crippen molar-refractivity contribution in [3.05, 3.63) is 76.2 Å². The minimum Gasteiger partial charge on any atom is -0.444 e. The second kappa shape index (κ2) is 12.6. The van der Waals surface area contributed by atoms with Crippen LogP contribution in [0.25, 0.3) is 0 Å². The first-order valence-corrected chi connectivity index (χ1v) is 14.7. The average Bonchev–Trinajstić information content (AvgIpc) is 3.24. The number of thioether (sulfide) groups is 1. The molecule has 0 radical (unpaired) electrons. The number of nitrogens with one attached hydrogen (secondary N) is 2. The van der Waals surface area contributed by atoms with Gasteiger partial charge in [-0.1, -0.05) is 36.4 Å². The van der Waals surface area contributed by atoms with E-state index in [1.165, 1.54) is 23.1 Å². The predicted octanol–water partition coefficient (Wildman–Crippen LogP) is 6.21. The third-order valence-electron chi connectivity index (χ3n) is 6.06. The highest BCUT2D eigenvalue weighted by Crippen LogP contribution is 2.37. The number of nitriles is 1. The van der Waals surface area contributed by atoms with Crippen LogP contribution in [0.15, 0.2) is 59.5 Å². The SMILES string of the molecule is CC(Sc1cccc(NC(=O)Cc2ccccc2)c1)C(=O)Nc1sc2c(c1C#N)CCN(C(=O)OC(C)(C)C)C2. The van der Waals surface area contributed by atoms with E-state index in [1.54, 1.807) is 11.8 Å². The fourth-order valence-corrected chi connectivity index (χ4v) is 6.34. The van der Waals surface area contributed by atoms with E-state index in [9.17, 15) is 19.6 Å². The molecule has 40 heavy (non-hydrogen) atoms. The van der Waals surface area contributed by atoms with Crippen molar-refractivity contribution in [1.29, 1.82) is 5.26 Å². The average molecular weight is 577 g/mol. The number of nitrogens with zero attached hydrogens (tertiary/aromatic N) is 2. The zero-order valence-electron chi connectivity index (χ0n) is 22.9. The second-order valence-electron chi connectivity index (χ2n) is 10.5. The quantitative estimate of drug-likeness (QED) is 0.323. The summed E-state index contributed by atoms with van der Waals surface area (Å²) in [5.74, 6) is -0.349. The Morgan fingerprint density at radius 2 is 1.88 bits per heavy atom.